The van der Waals surface area contributed by atoms with Crippen LogP contribution in [0.5, 0.6) is 0 Å². The molecule has 4 aliphatic rings. The number of carbonyl (C=O) groups is 1. The van der Waals surface area contributed by atoms with E-state index in [1.807, 2.05) is 20.8 Å². The zero-order chi connectivity index (χ0) is 17.5. The highest BCUT2D eigenvalue weighted by Crippen LogP contribution is 2.69. The molecular formula is C20H27FO3. The Balaban J connectivity index is 1.84. The number of hydrogen-bond acceptors (Lipinski definition) is 3. The molecule has 0 saturated heterocycles. The molecule has 0 amide bonds. The van der Waals surface area contributed by atoms with Gasteiger partial charge in [-0.15, -0.1) is 0 Å². The Labute approximate surface area is 142 Å². The van der Waals surface area contributed by atoms with Crippen molar-refractivity contribution in [3.63, 3.8) is 0 Å². The van der Waals surface area contributed by atoms with Gasteiger partial charge in [0.15, 0.2) is 11.5 Å². The second kappa shape index (κ2) is 4.59. The topological polar surface area (TPSA) is 57.5 Å². The molecule has 0 aromatic rings. The van der Waals surface area contributed by atoms with Gasteiger partial charge in [0.05, 0.1) is 11.7 Å². The lowest BCUT2D eigenvalue weighted by molar-refractivity contribution is -0.214. The summed E-state index contributed by atoms with van der Waals surface area (Å²) in [5.74, 6) is -0.325. The van der Waals surface area contributed by atoms with Crippen molar-refractivity contribution in [3.05, 3.63) is 23.8 Å². The number of hydrogen-bond donors (Lipinski definition) is 2. The third kappa shape index (κ3) is 1.67. The highest BCUT2D eigenvalue weighted by molar-refractivity contribution is 6.01. The third-order valence-electron chi connectivity index (χ3n) is 8.20. The largest absolute Gasteiger partial charge is 0.390 e. The van der Waals surface area contributed by atoms with E-state index in [1.165, 1.54) is 6.08 Å². The Hall–Kier alpha value is -1.00. The molecule has 0 unspecified atom stereocenters. The number of aliphatic hydroxyl groups is 2. The average Bonchev–Trinajstić information content (AvgIpc) is 2.72. The summed E-state index contributed by atoms with van der Waals surface area (Å²) in [6, 6.07) is 0. The van der Waals surface area contributed by atoms with Crippen LogP contribution in [0.1, 0.15) is 52.9 Å². The van der Waals surface area contributed by atoms with Crippen LogP contribution in [0.25, 0.3) is 0 Å². The van der Waals surface area contributed by atoms with Gasteiger partial charge in [-0.2, -0.15) is 0 Å². The predicted octanol–water partition coefficient (Wildman–Crippen LogP) is 3.11. The fourth-order valence-electron chi connectivity index (χ4n) is 6.43. The molecule has 2 N–H and O–H groups in total. The molecule has 4 rings (SSSR count). The first-order valence-corrected chi connectivity index (χ1v) is 9.10. The SMILES string of the molecule is C[C@]1(O)CC[C@H]2[C@@H]3CCC4=CC(=O)C=C[C@]4(C)[C@@]3(F)[C@@H](O)C[C@@]21C. The van der Waals surface area contributed by atoms with Crippen LogP contribution in [0.4, 0.5) is 4.39 Å². The van der Waals surface area contributed by atoms with Crippen LogP contribution >= 0.6 is 0 Å². The summed E-state index contributed by atoms with van der Waals surface area (Å²) in [5, 5.41) is 21.8. The fourth-order valence-corrected chi connectivity index (χ4v) is 6.43. The lowest BCUT2D eigenvalue weighted by Crippen LogP contribution is -2.67. The molecule has 0 radical (unpaired) electrons. The number of aliphatic hydroxyl groups excluding tert-OH is 1. The number of halogens is 1. The maximum Gasteiger partial charge on any atom is 0.178 e. The molecule has 0 aromatic carbocycles. The van der Waals surface area contributed by atoms with Crippen LogP contribution in [-0.4, -0.2) is 33.4 Å². The predicted molar refractivity (Wildman–Crippen MR) is 89.0 cm³/mol. The molecule has 4 heteroatoms. The summed E-state index contributed by atoms with van der Waals surface area (Å²) in [7, 11) is 0. The van der Waals surface area contributed by atoms with Crippen molar-refractivity contribution in [1.82, 2.24) is 0 Å². The van der Waals surface area contributed by atoms with Gasteiger partial charge in [0.1, 0.15) is 0 Å². The van der Waals surface area contributed by atoms with Gasteiger partial charge in [-0.3, -0.25) is 4.79 Å². The molecule has 7 atom stereocenters. The molecule has 3 nitrogen and oxygen atoms in total. The Morgan fingerprint density at radius 1 is 1.21 bits per heavy atom. The Morgan fingerprint density at radius 2 is 1.92 bits per heavy atom. The highest BCUT2D eigenvalue weighted by Gasteiger charge is 2.72. The van der Waals surface area contributed by atoms with E-state index < -0.39 is 28.2 Å². The van der Waals surface area contributed by atoms with Gasteiger partial charge in [-0.25, -0.2) is 4.39 Å². The first kappa shape index (κ1) is 16.5. The minimum atomic E-state index is -1.78. The van der Waals surface area contributed by atoms with Gasteiger partial charge < -0.3 is 10.2 Å². The third-order valence-corrected chi connectivity index (χ3v) is 8.20. The Bertz CT molecular complexity index is 666. The quantitative estimate of drug-likeness (QED) is 0.716. The molecule has 0 aromatic heterocycles. The minimum absolute atomic E-state index is 0.0605. The van der Waals surface area contributed by atoms with Crippen molar-refractivity contribution >= 4 is 5.78 Å². The number of allylic oxidation sites excluding steroid dienone is 4. The van der Waals surface area contributed by atoms with Crippen LogP contribution in [0, 0.1) is 22.7 Å². The van der Waals surface area contributed by atoms with Gasteiger partial charge in [0.25, 0.3) is 0 Å². The summed E-state index contributed by atoms with van der Waals surface area (Å²) < 4.78 is 16.6. The van der Waals surface area contributed by atoms with Crippen molar-refractivity contribution in [2.24, 2.45) is 22.7 Å². The standard InChI is InChI=1S/C20H27FO3/c1-17-8-6-13(22)10-12(17)4-5-15-14-7-9-19(3,24)18(14,2)11-16(23)20(15,17)21/h6,8,10,14-16,23-24H,4-5,7,9,11H2,1-3H3/t14-,15-,16-,17-,18-,19-,20-/m0/s1. The highest BCUT2D eigenvalue weighted by atomic mass is 19.1. The van der Waals surface area contributed by atoms with Crippen molar-refractivity contribution in [3.8, 4) is 0 Å². The molecule has 4 aliphatic carbocycles. The van der Waals surface area contributed by atoms with Crippen LogP contribution in [-0.2, 0) is 4.79 Å². The van der Waals surface area contributed by atoms with Crippen molar-refractivity contribution in [1.29, 1.82) is 0 Å². The number of alkyl halides is 1. The van der Waals surface area contributed by atoms with Gasteiger partial charge in [-0.1, -0.05) is 18.6 Å². The smallest absolute Gasteiger partial charge is 0.178 e. The van der Waals surface area contributed by atoms with Gasteiger partial charge in [0, 0.05) is 16.7 Å². The van der Waals surface area contributed by atoms with E-state index in [4.69, 9.17) is 0 Å². The normalized spacial score (nSPS) is 56.3. The second-order valence-corrected chi connectivity index (χ2v) is 9.08. The number of fused-ring (bicyclic) bond motifs is 5. The zero-order valence-electron chi connectivity index (χ0n) is 14.7. The van der Waals surface area contributed by atoms with E-state index in [-0.39, 0.29) is 24.0 Å². The molecule has 3 saturated carbocycles. The Morgan fingerprint density at radius 3 is 2.62 bits per heavy atom. The molecule has 0 heterocycles. The van der Waals surface area contributed by atoms with E-state index in [2.05, 4.69) is 0 Å². The molecule has 132 valence electrons. The number of ketones is 1. The second-order valence-electron chi connectivity index (χ2n) is 9.08. The zero-order valence-corrected chi connectivity index (χ0v) is 14.7. The summed E-state index contributed by atoms with van der Waals surface area (Å²) >= 11 is 0. The minimum Gasteiger partial charge on any atom is -0.390 e. The first-order valence-electron chi connectivity index (χ1n) is 9.10. The molecule has 0 spiro atoms. The van der Waals surface area contributed by atoms with Gasteiger partial charge in [-0.05, 0) is 64.0 Å². The molecule has 0 bridgehead atoms. The van der Waals surface area contributed by atoms with E-state index in [0.29, 0.717) is 19.3 Å². The van der Waals surface area contributed by atoms with Crippen molar-refractivity contribution < 1.29 is 19.4 Å². The van der Waals surface area contributed by atoms with Crippen LogP contribution in [0.3, 0.4) is 0 Å². The monoisotopic (exact) mass is 334 g/mol. The lowest BCUT2D eigenvalue weighted by atomic mass is 9.45. The fraction of sp³-hybridized carbons (Fsp3) is 0.750. The number of rotatable bonds is 0. The van der Waals surface area contributed by atoms with Crippen molar-refractivity contribution in [2.75, 3.05) is 0 Å². The molecular weight excluding hydrogens is 307 g/mol. The van der Waals surface area contributed by atoms with Gasteiger partial charge >= 0.3 is 0 Å². The number of carbonyl (C=O) groups excluding carboxylic acids is 1. The van der Waals surface area contributed by atoms with Crippen LogP contribution < -0.4 is 0 Å². The molecule has 3 fully saturated rings. The Kier molecular flexibility index (Phi) is 3.15. The maximum atomic E-state index is 16.6. The van der Waals surface area contributed by atoms with E-state index >= 15 is 4.39 Å². The van der Waals surface area contributed by atoms with Crippen molar-refractivity contribution in [2.45, 2.75) is 70.2 Å². The molecule has 24 heavy (non-hydrogen) atoms. The summed E-state index contributed by atoms with van der Waals surface area (Å²) in [4.78, 5) is 11.7. The average molecular weight is 334 g/mol. The van der Waals surface area contributed by atoms with E-state index in [1.54, 1.807) is 12.2 Å². The summed E-state index contributed by atoms with van der Waals surface area (Å²) in [6.07, 6.45) is 6.57. The summed E-state index contributed by atoms with van der Waals surface area (Å²) in [5.41, 5.74) is -3.23. The maximum absolute atomic E-state index is 16.6. The van der Waals surface area contributed by atoms with Gasteiger partial charge in [0.2, 0.25) is 0 Å². The lowest BCUT2D eigenvalue weighted by Gasteiger charge is -2.62. The molecule has 0 aliphatic heterocycles. The first-order chi connectivity index (χ1) is 11.1. The van der Waals surface area contributed by atoms with Crippen LogP contribution in [0.15, 0.2) is 23.8 Å². The summed E-state index contributed by atoms with van der Waals surface area (Å²) in [6.45, 7) is 5.67. The van der Waals surface area contributed by atoms with Crippen LogP contribution in [0.2, 0.25) is 0 Å². The van der Waals surface area contributed by atoms with E-state index in [9.17, 15) is 15.0 Å². The van der Waals surface area contributed by atoms with E-state index in [0.717, 1.165) is 12.0 Å².